The van der Waals surface area contributed by atoms with Crippen molar-refractivity contribution in [3.63, 3.8) is 0 Å². The quantitative estimate of drug-likeness (QED) is 0.714. The van der Waals surface area contributed by atoms with Crippen LogP contribution in [0.25, 0.3) is 0 Å². The van der Waals surface area contributed by atoms with Gasteiger partial charge in [-0.25, -0.2) is 0 Å². The standard InChI is InChI=1S/C12H10F3NO2/c1-7(17)16-6-9(18)5-8-3-2-4-10(11(8)16)12(13,14)15/h2-4H,5-6H2,1H3. The van der Waals surface area contributed by atoms with Gasteiger partial charge in [-0.15, -0.1) is 0 Å². The average Bonchev–Trinajstić information content (AvgIpc) is 2.25. The van der Waals surface area contributed by atoms with E-state index in [9.17, 15) is 22.8 Å². The Kier molecular flexibility index (Phi) is 2.88. The molecule has 1 aliphatic heterocycles. The van der Waals surface area contributed by atoms with Crippen LogP contribution in [0, 0.1) is 0 Å². The Balaban J connectivity index is 2.65. The molecule has 2 rings (SSSR count). The predicted octanol–water partition coefficient (Wildman–Crippen LogP) is 2.18. The van der Waals surface area contributed by atoms with E-state index < -0.39 is 17.6 Å². The van der Waals surface area contributed by atoms with E-state index in [-0.39, 0.29) is 30.0 Å². The van der Waals surface area contributed by atoms with Crippen molar-refractivity contribution < 1.29 is 22.8 Å². The number of carbonyl (C=O) groups excluding carboxylic acids is 2. The zero-order valence-corrected chi connectivity index (χ0v) is 9.54. The number of ketones is 1. The maximum Gasteiger partial charge on any atom is 0.418 e. The molecule has 0 saturated heterocycles. The largest absolute Gasteiger partial charge is 0.418 e. The van der Waals surface area contributed by atoms with Crippen LogP contribution in [-0.4, -0.2) is 18.2 Å². The van der Waals surface area contributed by atoms with E-state index in [1.165, 1.54) is 12.1 Å². The van der Waals surface area contributed by atoms with Crippen molar-refractivity contribution in [1.29, 1.82) is 0 Å². The van der Waals surface area contributed by atoms with Crippen LogP contribution < -0.4 is 4.90 Å². The van der Waals surface area contributed by atoms with Gasteiger partial charge in [-0.05, 0) is 11.6 Å². The molecule has 1 aliphatic rings. The number of para-hydroxylation sites is 1. The molecule has 3 nitrogen and oxygen atoms in total. The summed E-state index contributed by atoms with van der Waals surface area (Å²) in [4.78, 5) is 23.7. The van der Waals surface area contributed by atoms with Crippen LogP contribution >= 0.6 is 0 Å². The Labute approximate surface area is 101 Å². The van der Waals surface area contributed by atoms with Crippen LogP contribution in [0.3, 0.4) is 0 Å². The average molecular weight is 257 g/mol. The first-order chi connectivity index (χ1) is 8.30. The molecule has 1 heterocycles. The van der Waals surface area contributed by atoms with Gasteiger partial charge in [0, 0.05) is 13.3 Å². The molecule has 0 N–H and O–H groups in total. The van der Waals surface area contributed by atoms with E-state index in [1.54, 1.807) is 0 Å². The first-order valence-corrected chi connectivity index (χ1v) is 5.29. The topological polar surface area (TPSA) is 37.4 Å². The van der Waals surface area contributed by atoms with E-state index in [0.717, 1.165) is 17.9 Å². The van der Waals surface area contributed by atoms with Crippen LogP contribution in [0.4, 0.5) is 18.9 Å². The molecule has 1 aromatic carbocycles. The van der Waals surface area contributed by atoms with Gasteiger partial charge in [0.2, 0.25) is 5.91 Å². The number of hydrogen-bond donors (Lipinski definition) is 0. The van der Waals surface area contributed by atoms with E-state index in [1.807, 2.05) is 0 Å². The lowest BCUT2D eigenvalue weighted by atomic mass is 9.96. The van der Waals surface area contributed by atoms with Crippen LogP contribution in [0.5, 0.6) is 0 Å². The highest BCUT2D eigenvalue weighted by atomic mass is 19.4. The number of hydrogen-bond acceptors (Lipinski definition) is 2. The van der Waals surface area contributed by atoms with Gasteiger partial charge in [-0.1, -0.05) is 12.1 Å². The van der Waals surface area contributed by atoms with Gasteiger partial charge in [0.15, 0.2) is 5.78 Å². The molecule has 0 radical (unpaired) electrons. The van der Waals surface area contributed by atoms with Gasteiger partial charge in [0.1, 0.15) is 0 Å². The number of fused-ring (bicyclic) bond motifs is 1. The fourth-order valence-corrected chi connectivity index (χ4v) is 2.07. The number of rotatable bonds is 0. The maximum absolute atomic E-state index is 12.9. The highest BCUT2D eigenvalue weighted by molar-refractivity contribution is 6.03. The van der Waals surface area contributed by atoms with Crippen molar-refractivity contribution in [3.8, 4) is 0 Å². The summed E-state index contributed by atoms with van der Waals surface area (Å²) in [7, 11) is 0. The van der Waals surface area contributed by atoms with E-state index in [4.69, 9.17) is 0 Å². The maximum atomic E-state index is 12.9. The summed E-state index contributed by atoms with van der Waals surface area (Å²) in [6.45, 7) is 0.852. The van der Waals surface area contributed by atoms with E-state index in [2.05, 4.69) is 0 Å². The number of amides is 1. The molecule has 0 spiro atoms. The van der Waals surface area contributed by atoms with E-state index >= 15 is 0 Å². The fraction of sp³-hybridized carbons (Fsp3) is 0.333. The summed E-state index contributed by atoms with van der Waals surface area (Å²) in [5, 5.41) is 0. The first kappa shape index (κ1) is 12.6. The van der Waals surface area contributed by atoms with Crippen molar-refractivity contribution in [3.05, 3.63) is 29.3 Å². The molecule has 0 bridgehead atoms. The Morgan fingerprint density at radius 1 is 1.33 bits per heavy atom. The van der Waals surface area contributed by atoms with Crippen LogP contribution in [-0.2, 0) is 22.2 Å². The van der Waals surface area contributed by atoms with Gasteiger partial charge >= 0.3 is 6.18 Å². The van der Waals surface area contributed by atoms with Crippen molar-refractivity contribution in [2.75, 3.05) is 11.4 Å². The van der Waals surface area contributed by atoms with Crippen molar-refractivity contribution in [2.24, 2.45) is 0 Å². The molecule has 18 heavy (non-hydrogen) atoms. The summed E-state index contributed by atoms with van der Waals surface area (Å²) < 4.78 is 38.7. The van der Waals surface area contributed by atoms with Crippen molar-refractivity contribution >= 4 is 17.4 Å². The number of halogens is 3. The van der Waals surface area contributed by atoms with Gasteiger partial charge < -0.3 is 4.90 Å². The number of Topliss-reactive ketones (excluding diaryl/α,β-unsaturated/α-hetero) is 1. The molecular formula is C12H10F3NO2. The summed E-state index contributed by atoms with van der Waals surface area (Å²) in [5.41, 5.74) is -0.809. The lowest BCUT2D eigenvalue weighted by Crippen LogP contribution is -2.40. The highest BCUT2D eigenvalue weighted by Crippen LogP contribution is 2.40. The molecule has 0 aliphatic carbocycles. The second-order valence-corrected chi connectivity index (χ2v) is 4.13. The second-order valence-electron chi connectivity index (χ2n) is 4.13. The molecule has 1 aromatic rings. The Morgan fingerprint density at radius 2 is 2.00 bits per heavy atom. The molecule has 1 amide bonds. The molecule has 96 valence electrons. The van der Waals surface area contributed by atoms with Crippen molar-refractivity contribution in [1.82, 2.24) is 0 Å². The minimum absolute atomic E-state index is 0.0664. The first-order valence-electron chi connectivity index (χ1n) is 5.29. The minimum Gasteiger partial charge on any atom is -0.304 e. The Morgan fingerprint density at radius 3 is 2.56 bits per heavy atom. The normalized spacial score (nSPS) is 15.6. The van der Waals surface area contributed by atoms with Crippen LogP contribution in [0.2, 0.25) is 0 Å². The third kappa shape index (κ3) is 2.10. The Hall–Kier alpha value is -1.85. The van der Waals surface area contributed by atoms with E-state index in [0.29, 0.717) is 0 Å². The third-order valence-electron chi connectivity index (χ3n) is 2.80. The Bertz CT molecular complexity index is 523. The molecule has 0 atom stereocenters. The fourth-order valence-electron chi connectivity index (χ4n) is 2.07. The smallest absolute Gasteiger partial charge is 0.304 e. The summed E-state index contributed by atoms with van der Waals surface area (Å²) >= 11 is 0. The van der Waals surface area contributed by atoms with Gasteiger partial charge in [0.05, 0.1) is 17.8 Å². The summed E-state index contributed by atoms with van der Waals surface area (Å²) in [5.74, 6) is -0.835. The highest BCUT2D eigenvalue weighted by Gasteiger charge is 2.38. The lowest BCUT2D eigenvalue weighted by molar-refractivity contribution is -0.137. The molecule has 0 fully saturated rings. The van der Waals surface area contributed by atoms with Gasteiger partial charge in [-0.3, -0.25) is 9.59 Å². The SMILES string of the molecule is CC(=O)N1CC(=O)Cc2cccc(C(F)(F)F)c21. The molecule has 0 unspecified atom stereocenters. The zero-order valence-electron chi connectivity index (χ0n) is 9.54. The summed E-state index contributed by atoms with van der Waals surface area (Å²) in [6.07, 6.45) is -4.61. The molecular weight excluding hydrogens is 247 g/mol. The predicted molar refractivity (Wildman–Crippen MR) is 58.2 cm³/mol. The minimum atomic E-state index is -4.54. The monoisotopic (exact) mass is 257 g/mol. The third-order valence-corrected chi connectivity index (χ3v) is 2.80. The van der Waals surface area contributed by atoms with Gasteiger partial charge in [-0.2, -0.15) is 13.2 Å². The van der Waals surface area contributed by atoms with Crippen molar-refractivity contribution in [2.45, 2.75) is 19.5 Å². The van der Waals surface area contributed by atoms with Crippen LogP contribution in [0.1, 0.15) is 18.1 Å². The molecule has 0 aromatic heterocycles. The molecule has 6 heteroatoms. The number of alkyl halides is 3. The van der Waals surface area contributed by atoms with Crippen LogP contribution in [0.15, 0.2) is 18.2 Å². The number of benzene rings is 1. The zero-order chi connectivity index (χ0) is 13.5. The van der Waals surface area contributed by atoms with Gasteiger partial charge in [0.25, 0.3) is 0 Å². The number of carbonyl (C=O) groups is 2. The summed E-state index contributed by atoms with van der Waals surface area (Å²) in [6, 6.07) is 3.61. The lowest BCUT2D eigenvalue weighted by Gasteiger charge is -2.30. The second kappa shape index (κ2) is 4.12. The number of nitrogens with zero attached hydrogens (tertiary/aromatic N) is 1. The number of anilines is 1. The molecule has 0 saturated carbocycles.